The molecule has 3 rings (SSSR count). The number of benzene rings is 1. The number of nitrogens with zero attached hydrogens (tertiary/aromatic N) is 1. The van der Waals surface area contributed by atoms with Gasteiger partial charge in [0.2, 0.25) is 0 Å². The summed E-state index contributed by atoms with van der Waals surface area (Å²) in [5, 5.41) is 1.55. The minimum absolute atomic E-state index is 0.558. The highest BCUT2D eigenvalue weighted by atomic mass is 35.5. The van der Waals surface area contributed by atoms with Crippen LogP contribution in [0.3, 0.4) is 0 Å². The molecule has 0 radical (unpaired) electrons. The predicted molar refractivity (Wildman–Crippen MR) is 81.1 cm³/mol. The number of fused-ring (bicyclic) bond motifs is 1. The van der Waals surface area contributed by atoms with Gasteiger partial charge in [0.25, 0.3) is 0 Å². The van der Waals surface area contributed by atoms with Crippen LogP contribution in [0.4, 0.5) is 0 Å². The highest BCUT2D eigenvalue weighted by Crippen LogP contribution is 2.44. The molecule has 0 N–H and O–H groups in total. The molecular formula is C16H18ClNO2. The molecule has 0 atom stereocenters. The van der Waals surface area contributed by atoms with Gasteiger partial charge >= 0.3 is 0 Å². The third-order valence-electron chi connectivity index (χ3n) is 3.45. The largest absolute Gasteiger partial charge is 0.493 e. The van der Waals surface area contributed by atoms with E-state index in [1.54, 1.807) is 0 Å². The quantitative estimate of drug-likeness (QED) is 0.809. The van der Waals surface area contributed by atoms with Gasteiger partial charge in [-0.25, -0.2) is 4.98 Å². The van der Waals surface area contributed by atoms with Crippen molar-refractivity contribution in [1.82, 2.24) is 4.98 Å². The molecule has 0 unspecified atom stereocenters. The summed E-state index contributed by atoms with van der Waals surface area (Å²) in [5.41, 5.74) is 1.88. The topological polar surface area (TPSA) is 31.4 Å². The van der Waals surface area contributed by atoms with Gasteiger partial charge in [0, 0.05) is 11.6 Å². The van der Waals surface area contributed by atoms with Crippen molar-refractivity contribution in [1.29, 1.82) is 0 Å². The lowest BCUT2D eigenvalue weighted by Gasteiger charge is -2.13. The minimum atomic E-state index is 0.558. The summed E-state index contributed by atoms with van der Waals surface area (Å²) in [7, 11) is 0. The molecule has 1 aromatic heterocycles. The van der Waals surface area contributed by atoms with E-state index in [1.807, 2.05) is 32.0 Å². The molecule has 1 fully saturated rings. The van der Waals surface area contributed by atoms with Gasteiger partial charge < -0.3 is 9.47 Å². The van der Waals surface area contributed by atoms with Gasteiger partial charge in [-0.2, -0.15) is 0 Å². The molecule has 1 saturated carbocycles. The second kappa shape index (κ2) is 5.49. The normalized spacial score (nSPS) is 14.6. The maximum absolute atomic E-state index is 6.47. The van der Waals surface area contributed by atoms with Gasteiger partial charge in [0.15, 0.2) is 0 Å². The first kappa shape index (κ1) is 13.5. The van der Waals surface area contributed by atoms with Crippen molar-refractivity contribution >= 4 is 22.5 Å². The summed E-state index contributed by atoms with van der Waals surface area (Å²) < 4.78 is 11.4. The number of hydrogen-bond acceptors (Lipinski definition) is 3. The number of halogens is 1. The Morgan fingerprint density at radius 3 is 2.45 bits per heavy atom. The third-order valence-corrected chi connectivity index (χ3v) is 3.75. The van der Waals surface area contributed by atoms with Crippen molar-refractivity contribution in [3.8, 4) is 11.5 Å². The van der Waals surface area contributed by atoms with Crippen LogP contribution in [0.1, 0.15) is 38.3 Å². The second-order valence-corrected chi connectivity index (χ2v) is 5.36. The highest BCUT2D eigenvalue weighted by Gasteiger charge is 2.27. The summed E-state index contributed by atoms with van der Waals surface area (Å²) in [5.74, 6) is 2.10. The molecule has 0 bridgehead atoms. The van der Waals surface area contributed by atoms with E-state index >= 15 is 0 Å². The fourth-order valence-corrected chi connectivity index (χ4v) is 2.69. The minimum Gasteiger partial charge on any atom is -0.493 e. The summed E-state index contributed by atoms with van der Waals surface area (Å²) in [6.45, 7) is 5.14. The molecule has 3 nitrogen and oxygen atoms in total. The first-order valence-corrected chi connectivity index (χ1v) is 7.51. The standard InChI is InChI=1S/C16H18ClNO2/c1-3-19-13-7-8-14(20-4-2)16-15(13)11(17)9-12(18-16)10-5-6-10/h7-10H,3-6H2,1-2H3. The van der Waals surface area contributed by atoms with Crippen molar-refractivity contribution in [2.24, 2.45) is 0 Å². The van der Waals surface area contributed by atoms with Crippen LogP contribution in [-0.2, 0) is 0 Å². The lowest BCUT2D eigenvalue weighted by Crippen LogP contribution is -1.99. The van der Waals surface area contributed by atoms with E-state index in [4.69, 9.17) is 26.1 Å². The zero-order valence-electron chi connectivity index (χ0n) is 11.8. The Morgan fingerprint density at radius 1 is 1.15 bits per heavy atom. The van der Waals surface area contributed by atoms with E-state index in [-0.39, 0.29) is 0 Å². The van der Waals surface area contributed by atoms with Gasteiger partial charge in [-0.3, -0.25) is 0 Å². The molecule has 106 valence electrons. The number of aromatic nitrogens is 1. The number of hydrogen-bond donors (Lipinski definition) is 0. The van der Waals surface area contributed by atoms with Crippen LogP contribution < -0.4 is 9.47 Å². The number of rotatable bonds is 5. The number of pyridine rings is 1. The predicted octanol–water partition coefficient (Wildman–Crippen LogP) is 4.56. The first-order valence-electron chi connectivity index (χ1n) is 7.13. The SMILES string of the molecule is CCOc1ccc(OCC)c2c(Cl)cc(C3CC3)nc12. The van der Waals surface area contributed by atoms with Crippen molar-refractivity contribution in [3.05, 3.63) is 28.9 Å². The average molecular weight is 292 g/mol. The summed E-state index contributed by atoms with van der Waals surface area (Å²) in [4.78, 5) is 4.77. The maximum Gasteiger partial charge on any atom is 0.145 e. The van der Waals surface area contributed by atoms with Crippen LogP contribution >= 0.6 is 11.6 Å². The summed E-state index contributed by atoms with van der Waals surface area (Å²) in [6, 6.07) is 5.79. The van der Waals surface area contributed by atoms with Crippen molar-refractivity contribution in [3.63, 3.8) is 0 Å². The zero-order valence-corrected chi connectivity index (χ0v) is 12.5. The summed E-state index contributed by atoms with van der Waals surface area (Å²) >= 11 is 6.47. The van der Waals surface area contributed by atoms with E-state index in [0.29, 0.717) is 24.2 Å². The zero-order chi connectivity index (χ0) is 14.1. The molecule has 2 aromatic rings. The Kier molecular flexibility index (Phi) is 3.70. The molecule has 1 aromatic carbocycles. The fraction of sp³-hybridized carbons (Fsp3) is 0.438. The van der Waals surface area contributed by atoms with E-state index in [1.165, 1.54) is 12.8 Å². The molecule has 1 aliphatic carbocycles. The molecular weight excluding hydrogens is 274 g/mol. The van der Waals surface area contributed by atoms with Crippen LogP contribution in [0.15, 0.2) is 18.2 Å². The molecule has 0 amide bonds. The molecule has 1 aliphatic rings. The Hall–Kier alpha value is -1.48. The number of ether oxygens (including phenoxy) is 2. The molecule has 0 saturated heterocycles. The van der Waals surface area contributed by atoms with Gasteiger partial charge in [-0.1, -0.05) is 11.6 Å². The van der Waals surface area contributed by atoms with Gasteiger partial charge in [-0.15, -0.1) is 0 Å². The van der Waals surface area contributed by atoms with Crippen molar-refractivity contribution < 1.29 is 9.47 Å². The molecule has 20 heavy (non-hydrogen) atoms. The van der Waals surface area contributed by atoms with Crippen LogP contribution in [0.25, 0.3) is 10.9 Å². The monoisotopic (exact) mass is 291 g/mol. The van der Waals surface area contributed by atoms with Gasteiger partial charge in [0.1, 0.15) is 17.0 Å². The smallest absolute Gasteiger partial charge is 0.145 e. The van der Waals surface area contributed by atoms with Crippen molar-refractivity contribution in [2.75, 3.05) is 13.2 Å². The van der Waals surface area contributed by atoms with E-state index in [0.717, 1.165) is 28.1 Å². The molecule has 1 heterocycles. The van der Waals surface area contributed by atoms with E-state index < -0.39 is 0 Å². The lowest BCUT2D eigenvalue weighted by atomic mass is 10.1. The first-order chi connectivity index (χ1) is 9.74. The average Bonchev–Trinajstić information content (AvgIpc) is 3.26. The van der Waals surface area contributed by atoms with Crippen molar-refractivity contribution in [2.45, 2.75) is 32.6 Å². The Bertz CT molecular complexity index is 638. The second-order valence-electron chi connectivity index (χ2n) is 4.95. The van der Waals surface area contributed by atoms with Crippen LogP contribution in [0, 0.1) is 0 Å². The lowest BCUT2D eigenvalue weighted by molar-refractivity contribution is 0.336. The fourth-order valence-electron chi connectivity index (χ4n) is 2.39. The highest BCUT2D eigenvalue weighted by molar-refractivity contribution is 6.36. The van der Waals surface area contributed by atoms with Gasteiger partial charge in [-0.05, 0) is 44.9 Å². The Morgan fingerprint density at radius 2 is 1.80 bits per heavy atom. The molecule has 4 heteroatoms. The molecule has 0 aliphatic heterocycles. The van der Waals surface area contributed by atoms with E-state index in [2.05, 4.69) is 0 Å². The van der Waals surface area contributed by atoms with E-state index in [9.17, 15) is 0 Å². The Balaban J connectivity index is 2.22. The van der Waals surface area contributed by atoms with Crippen LogP contribution in [0.2, 0.25) is 5.02 Å². The third kappa shape index (κ3) is 2.42. The summed E-state index contributed by atoms with van der Waals surface area (Å²) in [6.07, 6.45) is 2.40. The van der Waals surface area contributed by atoms with Gasteiger partial charge in [0.05, 0.1) is 23.6 Å². The van der Waals surface area contributed by atoms with Crippen LogP contribution in [-0.4, -0.2) is 18.2 Å². The maximum atomic E-state index is 6.47. The molecule has 0 spiro atoms. The Labute approximate surface area is 123 Å². The van der Waals surface area contributed by atoms with Crippen LogP contribution in [0.5, 0.6) is 11.5 Å².